The molecule has 0 spiro atoms. The Labute approximate surface area is 161 Å². The molecule has 1 aromatic heterocycles. The van der Waals surface area contributed by atoms with E-state index in [0.29, 0.717) is 17.2 Å². The van der Waals surface area contributed by atoms with E-state index in [1.807, 2.05) is 25.1 Å². The van der Waals surface area contributed by atoms with Crippen LogP contribution < -0.4 is 14.8 Å². The maximum Gasteiger partial charge on any atom is 0.344 e. The predicted octanol–water partition coefficient (Wildman–Crippen LogP) is 3.34. The number of hydrogen-bond acceptors (Lipinski definition) is 6. The Morgan fingerprint density at radius 2 is 2.04 bits per heavy atom. The van der Waals surface area contributed by atoms with E-state index < -0.39 is 18.5 Å². The lowest BCUT2D eigenvalue weighted by Gasteiger charge is -2.11. The van der Waals surface area contributed by atoms with E-state index in [0.717, 1.165) is 5.56 Å². The highest BCUT2D eigenvalue weighted by Gasteiger charge is 2.12. The molecule has 0 saturated heterocycles. The summed E-state index contributed by atoms with van der Waals surface area (Å²) in [4.78, 5) is 27.4. The van der Waals surface area contributed by atoms with Gasteiger partial charge < -0.3 is 19.5 Å². The van der Waals surface area contributed by atoms with Gasteiger partial charge in [0.1, 0.15) is 0 Å². The van der Waals surface area contributed by atoms with Crippen LogP contribution in [-0.2, 0) is 14.3 Å². The summed E-state index contributed by atoms with van der Waals surface area (Å²) in [5.41, 5.74) is 1.28. The number of aromatic nitrogens is 1. The molecule has 1 aromatic carbocycles. The van der Waals surface area contributed by atoms with Crippen LogP contribution in [0, 0.1) is 0 Å². The van der Waals surface area contributed by atoms with Crippen molar-refractivity contribution in [3.63, 3.8) is 0 Å². The van der Waals surface area contributed by atoms with Gasteiger partial charge in [-0.25, -0.2) is 9.78 Å². The van der Waals surface area contributed by atoms with E-state index in [1.54, 1.807) is 24.3 Å². The number of rotatable bonds is 8. The van der Waals surface area contributed by atoms with Crippen molar-refractivity contribution in [1.82, 2.24) is 4.98 Å². The maximum absolute atomic E-state index is 11.8. The van der Waals surface area contributed by atoms with Crippen molar-refractivity contribution in [2.45, 2.75) is 6.92 Å². The fraction of sp³-hybridized carbons (Fsp3) is 0.211. The third-order valence-electron chi connectivity index (χ3n) is 3.29. The fourth-order valence-electron chi connectivity index (χ4n) is 2.09. The summed E-state index contributed by atoms with van der Waals surface area (Å²) in [6.07, 6.45) is 5.30. The van der Waals surface area contributed by atoms with Gasteiger partial charge in [-0.2, -0.15) is 0 Å². The number of benzene rings is 1. The molecule has 8 heteroatoms. The molecule has 1 N–H and O–H groups in total. The lowest BCUT2D eigenvalue weighted by Crippen LogP contribution is -2.23. The van der Waals surface area contributed by atoms with E-state index in [4.69, 9.17) is 25.8 Å². The Kier molecular flexibility index (Phi) is 7.63. The summed E-state index contributed by atoms with van der Waals surface area (Å²) in [5.74, 6) is -0.342. The number of anilines is 1. The first kappa shape index (κ1) is 20.3. The Morgan fingerprint density at radius 1 is 1.22 bits per heavy atom. The molecule has 0 unspecified atom stereocenters. The van der Waals surface area contributed by atoms with Gasteiger partial charge in [-0.1, -0.05) is 29.8 Å². The molecule has 0 saturated carbocycles. The molecule has 0 radical (unpaired) electrons. The standard InChI is InChI=1S/C19H19ClN2O5/c1-3-5-13-7-8-15(16(10-13)25-2)26-12-18(24)27-11-17(23)22-14-6-4-9-21-19(14)20/h3-10H,11-12H2,1-2H3,(H,22,23)/b5-3+. The molecule has 0 aliphatic carbocycles. The van der Waals surface area contributed by atoms with E-state index in [2.05, 4.69) is 10.3 Å². The highest BCUT2D eigenvalue weighted by molar-refractivity contribution is 6.32. The lowest BCUT2D eigenvalue weighted by molar-refractivity contribution is -0.149. The van der Waals surface area contributed by atoms with Crippen LogP contribution in [0.5, 0.6) is 11.5 Å². The summed E-state index contributed by atoms with van der Waals surface area (Å²) in [6, 6.07) is 8.51. The quantitative estimate of drug-likeness (QED) is 0.549. The van der Waals surface area contributed by atoms with Gasteiger partial charge in [0.05, 0.1) is 12.8 Å². The van der Waals surface area contributed by atoms with Crippen LogP contribution in [0.25, 0.3) is 6.08 Å². The number of nitrogens with one attached hydrogen (secondary N) is 1. The Morgan fingerprint density at radius 3 is 2.74 bits per heavy atom. The normalized spacial score (nSPS) is 10.5. The Hall–Kier alpha value is -3.06. The number of methoxy groups -OCH3 is 1. The molecule has 1 amide bonds. The average Bonchev–Trinajstić information content (AvgIpc) is 2.67. The summed E-state index contributed by atoms with van der Waals surface area (Å²) >= 11 is 5.84. The van der Waals surface area contributed by atoms with Crippen LogP contribution in [0.3, 0.4) is 0 Å². The van der Waals surface area contributed by atoms with Crippen molar-refractivity contribution < 1.29 is 23.8 Å². The lowest BCUT2D eigenvalue weighted by atomic mass is 10.2. The summed E-state index contributed by atoms with van der Waals surface area (Å²) in [5, 5.41) is 2.65. The second-order valence-corrected chi connectivity index (χ2v) is 5.61. The number of halogens is 1. The van der Waals surface area contributed by atoms with Gasteiger partial charge in [0, 0.05) is 6.20 Å². The molecule has 0 fully saturated rings. The van der Waals surface area contributed by atoms with Gasteiger partial charge in [0.2, 0.25) is 0 Å². The number of carbonyl (C=O) groups excluding carboxylic acids is 2. The van der Waals surface area contributed by atoms with Gasteiger partial charge in [-0.15, -0.1) is 0 Å². The number of ether oxygens (including phenoxy) is 3. The van der Waals surface area contributed by atoms with Crippen LogP contribution in [0.15, 0.2) is 42.6 Å². The van der Waals surface area contributed by atoms with Crippen LogP contribution in [-0.4, -0.2) is 37.2 Å². The van der Waals surface area contributed by atoms with Gasteiger partial charge in [-0.3, -0.25) is 4.79 Å². The zero-order chi connectivity index (χ0) is 19.6. The highest BCUT2D eigenvalue weighted by Crippen LogP contribution is 2.28. The van der Waals surface area contributed by atoms with Gasteiger partial charge in [-0.05, 0) is 36.8 Å². The zero-order valence-electron chi connectivity index (χ0n) is 14.9. The maximum atomic E-state index is 11.8. The molecule has 7 nitrogen and oxygen atoms in total. The first-order chi connectivity index (χ1) is 13.0. The summed E-state index contributed by atoms with van der Waals surface area (Å²) in [6.45, 7) is 1.08. The van der Waals surface area contributed by atoms with E-state index in [-0.39, 0.29) is 11.8 Å². The zero-order valence-corrected chi connectivity index (χ0v) is 15.7. The van der Waals surface area contributed by atoms with Crippen molar-refractivity contribution in [3.05, 3.63) is 53.3 Å². The molecule has 27 heavy (non-hydrogen) atoms. The van der Waals surface area contributed by atoms with Crippen molar-refractivity contribution in [2.75, 3.05) is 25.6 Å². The summed E-state index contributed by atoms with van der Waals surface area (Å²) < 4.78 is 15.5. The minimum absolute atomic E-state index is 0.147. The van der Waals surface area contributed by atoms with Gasteiger partial charge in [0.15, 0.2) is 29.9 Å². The molecule has 142 valence electrons. The number of amides is 1. The molecular weight excluding hydrogens is 372 g/mol. The summed E-state index contributed by atoms with van der Waals surface area (Å²) in [7, 11) is 1.51. The smallest absolute Gasteiger partial charge is 0.344 e. The third-order valence-corrected chi connectivity index (χ3v) is 3.59. The van der Waals surface area contributed by atoms with Crippen molar-refractivity contribution in [3.8, 4) is 11.5 Å². The average molecular weight is 391 g/mol. The van der Waals surface area contributed by atoms with Crippen LogP contribution in [0.2, 0.25) is 5.15 Å². The molecule has 0 bridgehead atoms. The predicted molar refractivity (Wildman–Crippen MR) is 102 cm³/mol. The van der Waals surface area contributed by atoms with Crippen molar-refractivity contribution >= 4 is 35.2 Å². The van der Waals surface area contributed by atoms with Gasteiger partial charge >= 0.3 is 5.97 Å². The number of nitrogens with zero attached hydrogens (tertiary/aromatic N) is 1. The molecule has 2 aromatic rings. The Balaban J connectivity index is 1.82. The topological polar surface area (TPSA) is 86.8 Å². The number of allylic oxidation sites excluding steroid dienone is 1. The highest BCUT2D eigenvalue weighted by atomic mass is 35.5. The molecule has 1 heterocycles. The van der Waals surface area contributed by atoms with Crippen LogP contribution in [0.4, 0.5) is 5.69 Å². The van der Waals surface area contributed by atoms with Gasteiger partial charge in [0.25, 0.3) is 5.91 Å². The number of pyridine rings is 1. The minimum Gasteiger partial charge on any atom is -0.493 e. The minimum atomic E-state index is -0.693. The van der Waals surface area contributed by atoms with Crippen molar-refractivity contribution in [2.24, 2.45) is 0 Å². The Bertz CT molecular complexity index is 839. The van der Waals surface area contributed by atoms with E-state index in [9.17, 15) is 9.59 Å². The number of carbonyl (C=O) groups is 2. The first-order valence-electron chi connectivity index (χ1n) is 8.03. The first-order valence-corrected chi connectivity index (χ1v) is 8.40. The third kappa shape index (κ3) is 6.31. The second-order valence-electron chi connectivity index (χ2n) is 5.25. The molecule has 0 aliphatic rings. The van der Waals surface area contributed by atoms with E-state index >= 15 is 0 Å². The largest absolute Gasteiger partial charge is 0.493 e. The second kappa shape index (κ2) is 10.2. The van der Waals surface area contributed by atoms with Crippen LogP contribution in [0.1, 0.15) is 12.5 Å². The monoisotopic (exact) mass is 390 g/mol. The molecular formula is C19H19ClN2O5. The molecule has 2 rings (SSSR count). The fourth-order valence-corrected chi connectivity index (χ4v) is 2.26. The number of hydrogen-bond donors (Lipinski definition) is 1. The molecule has 0 aliphatic heterocycles. The van der Waals surface area contributed by atoms with Crippen LogP contribution >= 0.6 is 11.6 Å². The SMILES string of the molecule is C/C=C/c1ccc(OCC(=O)OCC(=O)Nc2cccnc2Cl)c(OC)c1. The van der Waals surface area contributed by atoms with Crippen molar-refractivity contribution in [1.29, 1.82) is 0 Å². The van der Waals surface area contributed by atoms with E-state index in [1.165, 1.54) is 13.3 Å². The molecule has 0 atom stereocenters. The number of esters is 1.